The van der Waals surface area contributed by atoms with Gasteiger partial charge in [0.25, 0.3) is 5.91 Å². The number of carbonyl (C=O) groups excluding carboxylic acids is 2. The lowest BCUT2D eigenvalue weighted by molar-refractivity contribution is -0.122. The summed E-state index contributed by atoms with van der Waals surface area (Å²) in [6.45, 7) is 0.120. The number of nitrogens with zero attached hydrogens (tertiary/aromatic N) is 4. The molecule has 1 aliphatic rings. The van der Waals surface area contributed by atoms with E-state index in [-0.39, 0.29) is 36.3 Å². The fourth-order valence-corrected chi connectivity index (χ4v) is 5.18. The molecule has 0 bridgehead atoms. The first kappa shape index (κ1) is 25.9. The first-order valence-electron chi connectivity index (χ1n) is 11.6. The van der Waals surface area contributed by atoms with Crippen LogP contribution in [0.3, 0.4) is 0 Å². The van der Waals surface area contributed by atoms with Crippen molar-refractivity contribution in [2.75, 3.05) is 17.6 Å². The van der Waals surface area contributed by atoms with Crippen LogP contribution in [0.5, 0.6) is 0 Å². The predicted octanol–water partition coefficient (Wildman–Crippen LogP) is 4.20. The number of carboxylic acid groups (broad SMARTS) is 1. The Balaban J connectivity index is 1.25. The molecule has 194 valence electrons. The first-order valence-corrected chi connectivity index (χ1v) is 12.9. The summed E-state index contributed by atoms with van der Waals surface area (Å²) in [5, 5.41) is 11.7. The van der Waals surface area contributed by atoms with Gasteiger partial charge in [-0.3, -0.25) is 19.5 Å². The molecule has 1 saturated heterocycles. The largest absolute Gasteiger partial charge is 0.478 e. The Morgan fingerprint density at radius 3 is 2.62 bits per heavy atom. The standard InChI is InChI=1S/C27H20N6O4S2/c28-26-30-14-21-20(32-26)12-18(13-29-21)17-3-1-2-15(10-17)11-22-24(35)33(27(38)39-22)9-8-23(34)31-19-6-4-16(5-7-19)25(36)37/h1-7,10-14H,8-9H2,(H,31,34)(H,36,37)(H2,28,30,32)/b22-11-. The number of rotatable bonds is 7. The zero-order valence-electron chi connectivity index (χ0n) is 20.2. The zero-order valence-corrected chi connectivity index (χ0v) is 21.8. The average Bonchev–Trinajstić information content (AvgIpc) is 3.19. The molecular formula is C27H20N6O4S2. The summed E-state index contributed by atoms with van der Waals surface area (Å²) < 4.78 is 0.372. The van der Waals surface area contributed by atoms with E-state index in [1.165, 1.54) is 40.9 Å². The van der Waals surface area contributed by atoms with Crippen molar-refractivity contribution in [3.63, 3.8) is 0 Å². The van der Waals surface area contributed by atoms with Crippen molar-refractivity contribution in [1.29, 1.82) is 0 Å². The maximum absolute atomic E-state index is 13.1. The maximum atomic E-state index is 13.1. The van der Waals surface area contributed by atoms with Crippen molar-refractivity contribution in [2.45, 2.75) is 6.42 Å². The van der Waals surface area contributed by atoms with E-state index in [1.54, 1.807) is 18.5 Å². The van der Waals surface area contributed by atoms with E-state index < -0.39 is 5.97 Å². The molecule has 2 aromatic heterocycles. The summed E-state index contributed by atoms with van der Waals surface area (Å²) >= 11 is 6.58. The molecule has 4 N–H and O–H groups in total. The Morgan fingerprint density at radius 1 is 1.05 bits per heavy atom. The van der Waals surface area contributed by atoms with Crippen molar-refractivity contribution >= 4 is 74.8 Å². The third-order valence-electron chi connectivity index (χ3n) is 5.82. The molecule has 2 amide bonds. The molecule has 0 saturated carbocycles. The number of benzene rings is 2. The lowest BCUT2D eigenvalue weighted by Gasteiger charge is -2.14. The van der Waals surface area contributed by atoms with Gasteiger partial charge >= 0.3 is 5.97 Å². The number of fused-ring (bicyclic) bond motifs is 1. The van der Waals surface area contributed by atoms with Gasteiger partial charge < -0.3 is 16.2 Å². The van der Waals surface area contributed by atoms with E-state index in [1.807, 2.05) is 30.3 Å². The quantitative estimate of drug-likeness (QED) is 0.223. The van der Waals surface area contributed by atoms with Gasteiger partial charge in [0.2, 0.25) is 11.9 Å². The monoisotopic (exact) mass is 556 g/mol. The van der Waals surface area contributed by atoms with Crippen LogP contribution in [0.2, 0.25) is 0 Å². The van der Waals surface area contributed by atoms with E-state index in [0.717, 1.165) is 16.7 Å². The van der Waals surface area contributed by atoms with Gasteiger partial charge in [-0.1, -0.05) is 42.2 Å². The molecular weight excluding hydrogens is 536 g/mol. The molecule has 2 aromatic carbocycles. The van der Waals surface area contributed by atoms with Gasteiger partial charge in [-0.05, 0) is 53.6 Å². The van der Waals surface area contributed by atoms with Gasteiger partial charge in [-0.15, -0.1) is 0 Å². The fourth-order valence-electron chi connectivity index (χ4n) is 3.88. The number of carboxylic acids is 1. The normalized spacial score (nSPS) is 14.3. The highest BCUT2D eigenvalue weighted by Crippen LogP contribution is 2.33. The van der Waals surface area contributed by atoms with Crippen molar-refractivity contribution in [3.05, 3.63) is 83.0 Å². The summed E-state index contributed by atoms with van der Waals surface area (Å²) in [6.07, 6.45) is 5.09. The van der Waals surface area contributed by atoms with Crippen molar-refractivity contribution in [3.8, 4) is 11.1 Å². The average molecular weight is 557 g/mol. The molecule has 4 aromatic rings. The third kappa shape index (κ3) is 5.92. The molecule has 1 fully saturated rings. The number of hydrogen-bond donors (Lipinski definition) is 3. The number of nitrogen functional groups attached to an aromatic ring is 1. The van der Waals surface area contributed by atoms with Gasteiger partial charge in [-0.2, -0.15) is 0 Å². The van der Waals surface area contributed by atoms with E-state index in [0.29, 0.717) is 25.9 Å². The van der Waals surface area contributed by atoms with Gasteiger partial charge in [0, 0.05) is 30.4 Å². The minimum atomic E-state index is -1.05. The third-order valence-corrected chi connectivity index (χ3v) is 7.20. The highest BCUT2D eigenvalue weighted by Gasteiger charge is 2.32. The molecule has 1 aliphatic heterocycles. The summed E-state index contributed by atoms with van der Waals surface area (Å²) in [7, 11) is 0. The molecule has 0 unspecified atom stereocenters. The van der Waals surface area contributed by atoms with Gasteiger partial charge in [0.05, 0.1) is 22.2 Å². The zero-order chi connectivity index (χ0) is 27.5. The second-order valence-electron chi connectivity index (χ2n) is 8.50. The topological polar surface area (TPSA) is 151 Å². The second-order valence-corrected chi connectivity index (χ2v) is 10.2. The maximum Gasteiger partial charge on any atom is 0.335 e. The minimum Gasteiger partial charge on any atom is -0.478 e. The van der Waals surface area contributed by atoms with Gasteiger partial charge in [0.1, 0.15) is 9.84 Å². The van der Waals surface area contributed by atoms with Crippen LogP contribution in [-0.2, 0) is 9.59 Å². The second kappa shape index (κ2) is 11.0. The summed E-state index contributed by atoms with van der Waals surface area (Å²) in [4.78, 5) is 50.9. The SMILES string of the molecule is Nc1ncc2ncc(-c3cccc(/C=C4\SC(=S)N(CCC(=O)Nc5ccc(C(=O)O)cc5)C4=O)c3)cc2n1. The van der Waals surface area contributed by atoms with E-state index in [4.69, 9.17) is 23.1 Å². The molecule has 0 aliphatic carbocycles. The number of thiocarbonyl (C=S) groups is 1. The highest BCUT2D eigenvalue weighted by molar-refractivity contribution is 8.26. The molecule has 12 heteroatoms. The number of nitrogens with two attached hydrogens (primary N) is 1. The van der Waals surface area contributed by atoms with E-state index in [9.17, 15) is 14.4 Å². The Bertz CT molecular complexity index is 1670. The van der Waals surface area contributed by atoms with Crippen LogP contribution < -0.4 is 11.1 Å². The number of aromatic carboxylic acids is 1. The number of carbonyl (C=O) groups is 3. The molecule has 3 heterocycles. The molecule has 5 rings (SSSR count). The van der Waals surface area contributed by atoms with Crippen LogP contribution in [0.1, 0.15) is 22.3 Å². The Kier molecular flexibility index (Phi) is 7.30. The molecule has 0 atom stereocenters. The Labute approximate surface area is 232 Å². The molecule has 0 radical (unpaired) electrons. The number of aromatic nitrogens is 3. The number of hydrogen-bond acceptors (Lipinski definition) is 9. The number of anilines is 2. The van der Waals surface area contributed by atoms with E-state index in [2.05, 4.69) is 20.3 Å². The fraction of sp³-hybridized carbons (Fsp3) is 0.0741. The predicted molar refractivity (Wildman–Crippen MR) is 154 cm³/mol. The van der Waals surface area contributed by atoms with Crippen molar-refractivity contribution in [2.24, 2.45) is 0 Å². The summed E-state index contributed by atoms with van der Waals surface area (Å²) in [5.74, 6) is -1.47. The van der Waals surface area contributed by atoms with Crippen LogP contribution in [0.25, 0.3) is 28.2 Å². The smallest absolute Gasteiger partial charge is 0.335 e. The number of thioether (sulfide) groups is 1. The minimum absolute atomic E-state index is 0.0267. The molecule has 0 spiro atoms. The van der Waals surface area contributed by atoms with Crippen LogP contribution in [0.15, 0.2) is 71.9 Å². The lowest BCUT2D eigenvalue weighted by Crippen LogP contribution is -2.31. The Morgan fingerprint density at radius 2 is 1.85 bits per heavy atom. The van der Waals surface area contributed by atoms with Crippen LogP contribution in [-0.4, -0.2) is 53.6 Å². The van der Waals surface area contributed by atoms with Crippen molar-refractivity contribution < 1.29 is 19.5 Å². The van der Waals surface area contributed by atoms with E-state index >= 15 is 0 Å². The van der Waals surface area contributed by atoms with Crippen molar-refractivity contribution in [1.82, 2.24) is 19.9 Å². The molecule has 39 heavy (non-hydrogen) atoms. The van der Waals surface area contributed by atoms with Crippen LogP contribution in [0, 0.1) is 0 Å². The number of amides is 2. The first-order chi connectivity index (χ1) is 18.8. The summed E-state index contributed by atoms with van der Waals surface area (Å²) in [5.41, 5.74) is 10.1. The number of nitrogens with one attached hydrogen (secondary N) is 1. The van der Waals surface area contributed by atoms with Crippen LogP contribution >= 0.6 is 24.0 Å². The van der Waals surface area contributed by atoms with Crippen LogP contribution in [0.4, 0.5) is 11.6 Å². The number of pyridine rings is 1. The Hall–Kier alpha value is -4.68. The highest BCUT2D eigenvalue weighted by atomic mass is 32.2. The summed E-state index contributed by atoms with van der Waals surface area (Å²) in [6, 6.07) is 15.3. The van der Waals surface area contributed by atoms with Gasteiger partial charge in [-0.25, -0.2) is 14.8 Å². The molecule has 10 nitrogen and oxygen atoms in total. The van der Waals surface area contributed by atoms with Gasteiger partial charge in [0.15, 0.2) is 0 Å². The lowest BCUT2D eigenvalue weighted by atomic mass is 10.0.